The predicted molar refractivity (Wildman–Crippen MR) is 78.3 cm³/mol. The molecule has 0 spiro atoms. The second-order valence-corrected chi connectivity index (χ2v) is 5.47. The van der Waals surface area contributed by atoms with Gasteiger partial charge in [-0.05, 0) is 38.3 Å². The third kappa shape index (κ3) is 3.55. The maximum atomic E-state index is 11.2. The fraction of sp³-hybridized carbons (Fsp3) is 0.571. The average Bonchev–Trinajstić information content (AvgIpc) is 2.47. The summed E-state index contributed by atoms with van der Waals surface area (Å²) in [6.45, 7) is 0. The molecule has 0 heterocycles. The number of hydrogen-bond acceptors (Lipinski definition) is 5. The van der Waals surface area contributed by atoms with Crippen molar-refractivity contribution >= 4 is 11.4 Å². The lowest BCUT2D eigenvalue weighted by Crippen LogP contribution is -2.37. The van der Waals surface area contributed by atoms with Crippen LogP contribution in [-0.2, 0) is 6.42 Å². The van der Waals surface area contributed by atoms with Gasteiger partial charge in [0.05, 0.1) is 15.9 Å². The van der Waals surface area contributed by atoms with Gasteiger partial charge in [-0.3, -0.25) is 20.2 Å². The molecule has 7 nitrogen and oxygen atoms in total. The van der Waals surface area contributed by atoms with E-state index in [0.29, 0.717) is 23.9 Å². The molecule has 2 unspecified atom stereocenters. The summed E-state index contributed by atoms with van der Waals surface area (Å²) in [5.74, 6) is 0.337. The lowest BCUT2D eigenvalue weighted by molar-refractivity contribution is -0.394. The van der Waals surface area contributed by atoms with Crippen molar-refractivity contribution in [2.45, 2.75) is 38.1 Å². The molecular weight excluding hydrogens is 274 g/mol. The zero-order chi connectivity index (χ0) is 15.4. The van der Waals surface area contributed by atoms with Gasteiger partial charge in [-0.2, -0.15) is 0 Å². The number of nitro benzene ring substituents is 2. The monoisotopic (exact) mass is 293 g/mol. The third-order valence-corrected chi connectivity index (χ3v) is 4.24. The third-order valence-electron chi connectivity index (χ3n) is 4.24. The van der Waals surface area contributed by atoms with Crippen molar-refractivity contribution in [3.63, 3.8) is 0 Å². The first-order chi connectivity index (χ1) is 10.0. The summed E-state index contributed by atoms with van der Waals surface area (Å²) in [5.41, 5.74) is 0.196. The van der Waals surface area contributed by atoms with Crippen molar-refractivity contribution < 1.29 is 9.85 Å². The molecule has 0 radical (unpaired) electrons. The van der Waals surface area contributed by atoms with Gasteiger partial charge in [0.2, 0.25) is 0 Å². The first-order valence-electron chi connectivity index (χ1n) is 7.12. The highest BCUT2D eigenvalue weighted by atomic mass is 16.6. The molecule has 1 aliphatic rings. The molecular formula is C14H19N3O4. The SMILES string of the molecule is CNC1CCCCC1Cc1ccc([N+](=O)[O-])cc1[N+](=O)[O-]. The summed E-state index contributed by atoms with van der Waals surface area (Å²) in [4.78, 5) is 20.8. The fourth-order valence-electron chi connectivity index (χ4n) is 3.12. The number of benzene rings is 1. The van der Waals surface area contributed by atoms with Crippen molar-refractivity contribution in [3.05, 3.63) is 44.0 Å². The molecule has 1 N–H and O–H groups in total. The summed E-state index contributed by atoms with van der Waals surface area (Å²) in [5, 5.41) is 25.2. The zero-order valence-electron chi connectivity index (χ0n) is 11.9. The number of rotatable bonds is 5. The largest absolute Gasteiger partial charge is 0.317 e. The van der Waals surface area contributed by atoms with Gasteiger partial charge in [-0.25, -0.2) is 0 Å². The maximum absolute atomic E-state index is 11.2. The maximum Gasteiger partial charge on any atom is 0.279 e. The van der Waals surface area contributed by atoms with Gasteiger partial charge in [0.15, 0.2) is 0 Å². The van der Waals surface area contributed by atoms with Gasteiger partial charge in [0.25, 0.3) is 11.4 Å². The van der Waals surface area contributed by atoms with E-state index in [0.717, 1.165) is 25.3 Å². The standard InChI is InChI=1S/C14H19N3O4/c1-15-13-5-3-2-4-10(13)8-11-6-7-12(16(18)19)9-14(11)17(20)21/h6-7,9-10,13,15H,2-5,8H2,1H3. The van der Waals surface area contributed by atoms with E-state index in [1.165, 1.54) is 18.6 Å². The number of nitrogens with one attached hydrogen (secondary N) is 1. The molecule has 1 saturated carbocycles. The Morgan fingerprint density at radius 2 is 1.90 bits per heavy atom. The van der Waals surface area contributed by atoms with Gasteiger partial charge >= 0.3 is 0 Å². The number of hydrogen-bond donors (Lipinski definition) is 1. The normalized spacial score (nSPS) is 22.0. The van der Waals surface area contributed by atoms with Gasteiger partial charge in [-0.15, -0.1) is 0 Å². The van der Waals surface area contributed by atoms with E-state index >= 15 is 0 Å². The molecule has 2 atom stereocenters. The van der Waals surface area contributed by atoms with Gasteiger partial charge < -0.3 is 5.32 Å². The van der Waals surface area contributed by atoms with E-state index in [-0.39, 0.29) is 11.4 Å². The molecule has 1 aliphatic carbocycles. The van der Waals surface area contributed by atoms with Crippen molar-refractivity contribution in [1.82, 2.24) is 5.32 Å². The molecule has 1 aromatic rings. The van der Waals surface area contributed by atoms with Crippen LogP contribution in [0, 0.1) is 26.1 Å². The van der Waals surface area contributed by atoms with E-state index in [2.05, 4.69) is 5.32 Å². The Hall–Kier alpha value is -2.02. The summed E-state index contributed by atoms with van der Waals surface area (Å²) >= 11 is 0. The fourth-order valence-corrected chi connectivity index (χ4v) is 3.12. The molecule has 0 aliphatic heterocycles. The molecule has 0 amide bonds. The van der Waals surface area contributed by atoms with Gasteiger partial charge in [0.1, 0.15) is 0 Å². The molecule has 1 fully saturated rings. The van der Waals surface area contributed by atoms with Crippen LogP contribution in [0.15, 0.2) is 18.2 Å². The minimum atomic E-state index is -0.603. The Bertz CT molecular complexity index is 547. The summed E-state index contributed by atoms with van der Waals surface area (Å²) in [7, 11) is 1.91. The number of nitro groups is 2. The van der Waals surface area contributed by atoms with Crippen LogP contribution in [0.1, 0.15) is 31.2 Å². The lowest BCUT2D eigenvalue weighted by atomic mass is 9.80. The molecule has 0 saturated heterocycles. The smallest absolute Gasteiger partial charge is 0.279 e. The van der Waals surface area contributed by atoms with Crippen LogP contribution in [0.5, 0.6) is 0 Å². The summed E-state index contributed by atoms with van der Waals surface area (Å²) in [6.07, 6.45) is 4.98. The van der Waals surface area contributed by atoms with Crippen molar-refractivity contribution in [3.8, 4) is 0 Å². The van der Waals surface area contributed by atoms with E-state index in [1.807, 2.05) is 7.05 Å². The topological polar surface area (TPSA) is 98.3 Å². The zero-order valence-corrected chi connectivity index (χ0v) is 11.9. The minimum Gasteiger partial charge on any atom is -0.317 e. The van der Waals surface area contributed by atoms with Crippen molar-refractivity contribution in [2.75, 3.05) is 7.05 Å². The summed E-state index contributed by atoms with van der Waals surface area (Å²) in [6, 6.07) is 4.29. The Kier molecular flexibility index (Phi) is 4.85. The van der Waals surface area contributed by atoms with Crippen LogP contribution in [0.3, 0.4) is 0 Å². The highest BCUT2D eigenvalue weighted by molar-refractivity contribution is 5.49. The van der Waals surface area contributed by atoms with E-state index in [4.69, 9.17) is 0 Å². The first kappa shape index (κ1) is 15.4. The Labute approximate surface area is 122 Å². The number of non-ortho nitro benzene ring substituents is 1. The van der Waals surface area contributed by atoms with E-state index in [1.54, 1.807) is 0 Å². The molecule has 21 heavy (non-hydrogen) atoms. The highest BCUT2D eigenvalue weighted by Crippen LogP contribution is 2.32. The quantitative estimate of drug-likeness (QED) is 0.664. The van der Waals surface area contributed by atoms with Gasteiger partial charge in [0, 0.05) is 17.7 Å². The molecule has 0 bridgehead atoms. The second kappa shape index (κ2) is 6.62. The van der Waals surface area contributed by atoms with Crippen molar-refractivity contribution in [2.24, 2.45) is 5.92 Å². The van der Waals surface area contributed by atoms with Crippen LogP contribution < -0.4 is 5.32 Å². The van der Waals surface area contributed by atoms with Crippen LogP contribution in [0.2, 0.25) is 0 Å². The Morgan fingerprint density at radius 1 is 1.19 bits per heavy atom. The molecule has 1 aromatic carbocycles. The van der Waals surface area contributed by atoms with E-state index < -0.39 is 9.85 Å². The average molecular weight is 293 g/mol. The van der Waals surface area contributed by atoms with Crippen LogP contribution in [0.4, 0.5) is 11.4 Å². The Morgan fingerprint density at radius 3 is 2.52 bits per heavy atom. The highest BCUT2D eigenvalue weighted by Gasteiger charge is 2.27. The van der Waals surface area contributed by atoms with E-state index in [9.17, 15) is 20.2 Å². The number of nitrogens with zero attached hydrogens (tertiary/aromatic N) is 2. The van der Waals surface area contributed by atoms with Crippen molar-refractivity contribution in [1.29, 1.82) is 0 Å². The second-order valence-electron chi connectivity index (χ2n) is 5.47. The predicted octanol–water partition coefficient (Wildman–Crippen LogP) is 2.82. The first-order valence-corrected chi connectivity index (χ1v) is 7.12. The molecule has 2 rings (SSSR count). The summed E-state index contributed by atoms with van der Waals surface area (Å²) < 4.78 is 0. The Balaban J connectivity index is 2.26. The van der Waals surface area contributed by atoms with Crippen LogP contribution in [-0.4, -0.2) is 22.9 Å². The lowest BCUT2D eigenvalue weighted by Gasteiger charge is -2.31. The molecule has 0 aromatic heterocycles. The van der Waals surface area contributed by atoms with Crippen LogP contribution >= 0.6 is 0 Å². The van der Waals surface area contributed by atoms with Crippen LogP contribution in [0.25, 0.3) is 0 Å². The minimum absolute atomic E-state index is 0.148. The molecule has 7 heteroatoms. The van der Waals surface area contributed by atoms with Gasteiger partial charge in [-0.1, -0.05) is 12.8 Å². The molecule has 114 valence electrons.